The highest BCUT2D eigenvalue weighted by atomic mass is 79.9. The molecular formula is C15H25BrN2O. The highest BCUT2D eigenvalue weighted by Crippen LogP contribution is 2.28. The van der Waals surface area contributed by atoms with Gasteiger partial charge in [-0.2, -0.15) is 0 Å². The first-order chi connectivity index (χ1) is 8.95. The van der Waals surface area contributed by atoms with E-state index in [1.54, 1.807) is 6.92 Å². The zero-order chi connectivity index (χ0) is 14.4. The van der Waals surface area contributed by atoms with Crippen LogP contribution in [0.2, 0.25) is 0 Å². The lowest BCUT2D eigenvalue weighted by molar-refractivity contribution is 0.198. The quantitative estimate of drug-likeness (QED) is 0.832. The Labute approximate surface area is 125 Å². The molecule has 0 bridgehead atoms. The van der Waals surface area contributed by atoms with Gasteiger partial charge in [0.15, 0.2) is 0 Å². The van der Waals surface area contributed by atoms with Crippen molar-refractivity contribution in [1.29, 1.82) is 0 Å². The van der Waals surface area contributed by atoms with Gasteiger partial charge in [-0.3, -0.25) is 0 Å². The van der Waals surface area contributed by atoms with Gasteiger partial charge in [0.25, 0.3) is 0 Å². The average molecular weight is 329 g/mol. The molecule has 0 saturated heterocycles. The van der Waals surface area contributed by atoms with Gasteiger partial charge in [0.1, 0.15) is 0 Å². The van der Waals surface area contributed by atoms with E-state index in [9.17, 15) is 5.11 Å². The predicted octanol–water partition coefficient (Wildman–Crippen LogP) is 3.28. The fourth-order valence-corrected chi connectivity index (χ4v) is 2.80. The number of aliphatic hydroxyl groups excluding tert-OH is 1. The number of anilines is 1. The molecule has 0 heterocycles. The second-order valence-electron chi connectivity index (χ2n) is 5.12. The van der Waals surface area contributed by atoms with E-state index in [0.29, 0.717) is 0 Å². The zero-order valence-corrected chi connectivity index (χ0v) is 13.9. The fraction of sp³-hybridized carbons (Fsp3) is 0.600. The summed E-state index contributed by atoms with van der Waals surface area (Å²) in [7, 11) is 4.20. The molecule has 0 unspecified atom stereocenters. The summed E-state index contributed by atoms with van der Waals surface area (Å²) in [5.74, 6) is 0. The van der Waals surface area contributed by atoms with E-state index >= 15 is 0 Å². The molecular weight excluding hydrogens is 304 g/mol. The smallest absolute Gasteiger partial charge is 0.0772 e. The molecule has 0 saturated carbocycles. The Morgan fingerprint density at radius 1 is 1.26 bits per heavy atom. The summed E-state index contributed by atoms with van der Waals surface area (Å²) in [4.78, 5) is 4.57. The van der Waals surface area contributed by atoms with Crippen LogP contribution in [-0.4, -0.2) is 43.7 Å². The Morgan fingerprint density at radius 3 is 2.42 bits per heavy atom. The number of aliphatic hydroxyl groups is 1. The molecule has 0 spiro atoms. The minimum atomic E-state index is -0.438. The Hall–Kier alpha value is -0.580. The Kier molecular flexibility index (Phi) is 6.83. The lowest BCUT2D eigenvalue weighted by atomic mass is 10.1. The normalized spacial score (nSPS) is 12.8. The number of halogens is 1. The molecule has 0 amide bonds. The van der Waals surface area contributed by atoms with Crippen molar-refractivity contribution in [1.82, 2.24) is 4.90 Å². The molecule has 3 nitrogen and oxygen atoms in total. The minimum absolute atomic E-state index is 0.438. The van der Waals surface area contributed by atoms with Gasteiger partial charge in [0.05, 0.1) is 6.10 Å². The lowest BCUT2D eigenvalue weighted by Gasteiger charge is -2.25. The molecule has 19 heavy (non-hydrogen) atoms. The summed E-state index contributed by atoms with van der Waals surface area (Å²) in [5.41, 5.74) is 2.14. The minimum Gasteiger partial charge on any atom is -0.389 e. The molecule has 1 N–H and O–H groups in total. The van der Waals surface area contributed by atoms with Gasteiger partial charge in [-0.25, -0.2) is 0 Å². The maximum absolute atomic E-state index is 9.64. The van der Waals surface area contributed by atoms with Crippen LogP contribution in [0.5, 0.6) is 0 Å². The van der Waals surface area contributed by atoms with Crippen LogP contribution in [0, 0.1) is 0 Å². The van der Waals surface area contributed by atoms with E-state index in [0.717, 1.165) is 36.1 Å². The molecule has 1 aromatic rings. The van der Waals surface area contributed by atoms with Crippen molar-refractivity contribution in [3.05, 3.63) is 28.2 Å². The van der Waals surface area contributed by atoms with E-state index in [-0.39, 0.29) is 0 Å². The molecule has 0 radical (unpaired) electrons. The third kappa shape index (κ3) is 5.13. The van der Waals surface area contributed by atoms with Gasteiger partial charge in [-0.1, -0.05) is 22.0 Å². The van der Waals surface area contributed by atoms with Crippen molar-refractivity contribution < 1.29 is 5.11 Å². The molecule has 1 aromatic carbocycles. The van der Waals surface area contributed by atoms with E-state index in [4.69, 9.17) is 0 Å². The molecule has 108 valence electrons. The van der Waals surface area contributed by atoms with Gasteiger partial charge < -0.3 is 14.9 Å². The fourth-order valence-electron chi connectivity index (χ4n) is 2.10. The Morgan fingerprint density at radius 2 is 1.95 bits per heavy atom. The largest absolute Gasteiger partial charge is 0.389 e. The number of nitrogens with zero attached hydrogens (tertiary/aromatic N) is 2. The summed E-state index contributed by atoms with van der Waals surface area (Å²) < 4.78 is 0.978. The highest BCUT2D eigenvalue weighted by molar-refractivity contribution is 9.10. The van der Waals surface area contributed by atoms with Crippen LogP contribution in [0.25, 0.3) is 0 Å². The first kappa shape index (κ1) is 16.5. The summed E-state index contributed by atoms with van der Waals surface area (Å²) in [6.07, 6.45) is 0.712. The summed E-state index contributed by atoms with van der Waals surface area (Å²) in [5, 5.41) is 9.64. The van der Waals surface area contributed by atoms with Crippen LogP contribution in [0.4, 0.5) is 5.69 Å². The first-order valence-corrected chi connectivity index (χ1v) is 7.62. The third-order valence-electron chi connectivity index (χ3n) is 3.21. The Balaban J connectivity index is 2.73. The average Bonchev–Trinajstić information content (AvgIpc) is 2.33. The molecule has 1 atom stereocenters. The van der Waals surface area contributed by atoms with Gasteiger partial charge in [0.2, 0.25) is 0 Å². The monoisotopic (exact) mass is 328 g/mol. The van der Waals surface area contributed by atoms with Crippen LogP contribution in [0.15, 0.2) is 22.7 Å². The van der Waals surface area contributed by atoms with Crippen LogP contribution < -0.4 is 4.90 Å². The van der Waals surface area contributed by atoms with Gasteiger partial charge in [-0.05, 0) is 58.6 Å². The van der Waals surface area contributed by atoms with Gasteiger partial charge >= 0.3 is 0 Å². The predicted molar refractivity (Wildman–Crippen MR) is 85.8 cm³/mol. The molecule has 0 aromatic heterocycles. The van der Waals surface area contributed by atoms with Gasteiger partial charge in [0, 0.05) is 23.2 Å². The number of hydrogen-bond donors (Lipinski definition) is 1. The SMILES string of the molecule is CCN(CCCN(C)C)c1ccc([C@@H](C)O)c(Br)c1. The zero-order valence-electron chi connectivity index (χ0n) is 12.4. The van der Waals surface area contributed by atoms with Crippen molar-refractivity contribution in [2.75, 3.05) is 38.6 Å². The second-order valence-corrected chi connectivity index (χ2v) is 5.97. The summed E-state index contributed by atoms with van der Waals surface area (Å²) >= 11 is 3.54. The number of hydrogen-bond acceptors (Lipinski definition) is 3. The summed E-state index contributed by atoms with van der Waals surface area (Å²) in [6, 6.07) is 6.19. The van der Waals surface area contributed by atoms with Crippen molar-refractivity contribution >= 4 is 21.6 Å². The van der Waals surface area contributed by atoms with Crippen LogP contribution in [-0.2, 0) is 0 Å². The van der Waals surface area contributed by atoms with Crippen molar-refractivity contribution in [3.63, 3.8) is 0 Å². The highest BCUT2D eigenvalue weighted by Gasteiger charge is 2.10. The molecule has 0 aliphatic carbocycles. The summed E-state index contributed by atoms with van der Waals surface area (Å²) in [6.45, 7) is 7.10. The van der Waals surface area contributed by atoms with Crippen LogP contribution >= 0.6 is 15.9 Å². The van der Waals surface area contributed by atoms with E-state index in [2.05, 4.69) is 58.9 Å². The van der Waals surface area contributed by atoms with Crippen LogP contribution in [0.1, 0.15) is 31.9 Å². The molecule has 0 aliphatic rings. The third-order valence-corrected chi connectivity index (χ3v) is 3.90. The number of rotatable bonds is 7. The van der Waals surface area contributed by atoms with Crippen molar-refractivity contribution in [2.24, 2.45) is 0 Å². The van der Waals surface area contributed by atoms with Gasteiger partial charge in [-0.15, -0.1) is 0 Å². The molecule has 0 aliphatic heterocycles. The maximum Gasteiger partial charge on any atom is 0.0772 e. The van der Waals surface area contributed by atoms with E-state index in [1.165, 1.54) is 5.69 Å². The van der Waals surface area contributed by atoms with Crippen LogP contribution in [0.3, 0.4) is 0 Å². The molecule has 4 heteroatoms. The van der Waals surface area contributed by atoms with E-state index in [1.807, 2.05) is 6.07 Å². The first-order valence-electron chi connectivity index (χ1n) is 6.83. The van der Waals surface area contributed by atoms with Crippen molar-refractivity contribution in [2.45, 2.75) is 26.4 Å². The molecule has 1 rings (SSSR count). The Bertz CT molecular complexity index is 394. The van der Waals surface area contributed by atoms with Crippen molar-refractivity contribution in [3.8, 4) is 0 Å². The lowest BCUT2D eigenvalue weighted by Crippen LogP contribution is -2.27. The molecule has 0 fully saturated rings. The maximum atomic E-state index is 9.64. The topological polar surface area (TPSA) is 26.7 Å². The number of benzene rings is 1. The van der Waals surface area contributed by atoms with E-state index < -0.39 is 6.10 Å². The standard InChI is InChI=1S/C15H25BrN2O/c1-5-18(10-6-9-17(3)4)13-7-8-14(12(2)19)15(16)11-13/h7-8,11-12,19H,5-6,9-10H2,1-4H3/t12-/m1/s1. The second kappa shape index (κ2) is 7.88.